The lowest BCUT2D eigenvalue weighted by molar-refractivity contribution is 0.101. The number of para-hydroxylation sites is 1. The van der Waals surface area contributed by atoms with Gasteiger partial charge in [0.25, 0.3) is 0 Å². The van der Waals surface area contributed by atoms with Gasteiger partial charge in [-0.15, -0.1) is 0 Å². The number of Topliss-reactive ketones (excluding diaryl/α,β-unsaturated/α-hetero) is 1. The number of hydrogen-bond acceptors (Lipinski definition) is 3. The predicted octanol–water partition coefficient (Wildman–Crippen LogP) is 3.97. The van der Waals surface area contributed by atoms with Crippen molar-refractivity contribution >= 4 is 42.5 Å². The standard InChI is InChI=1S/C16H12BrNO3S/c1-10(19)14-12-8-5-9-13(17)15(12)18-16(14)22(20,21)11-6-3-2-4-7-11/h2-9,18H,1H3. The molecule has 0 unspecified atom stereocenters. The summed E-state index contributed by atoms with van der Waals surface area (Å²) in [6.45, 7) is 1.37. The molecule has 0 aliphatic carbocycles. The largest absolute Gasteiger partial charge is 0.344 e. The molecule has 0 saturated carbocycles. The number of aromatic nitrogens is 1. The Morgan fingerprint density at radius 2 is 1.73 bits per heavy atom. The number of carbonyl (C=O) groups excluding carboxylic acids is 1. The summed E-state index contributed by atoms with van der Waals surface area (Å²) in [5.41, 5.74) is 0.794. The van der Waals surface area contributed by atoms with Gasteiger partial charge in [-0.2, -0.15) is 0 Å². The first-order valence-corrected chi connectivity index (χ1v) is 8.82. The van der Waals surface area contributed by atoms with Crippen LogP contribution in [0.2, 0.25) is 0 Å². The number of sulfone groups is 1. The predicted molar refractivity (Wildman–Crippen MR) is 87.9 cm³/mol. The first kappa shape index (κ1) is 15.0. The number of aromatic amines is 1. The fourth-order valence-corrected chi connectivity index (χ4v) is 4.40. The average Bonchev–Trinajstić information content (AvgIpc) is 2.90. The van der Waals surface area contributed by atoms with Crippen molar-refractivity contribution in [3.63, 3.8) is 0 Å². The SMILES string of the molecule is CC(=O)c1c(S(=O)(=O)c2ccccc2)[nH]c2c(Br)cccc12. The molecule has 0 atom stereocenters. The molecule has 1 N–H and O–H groups in total. The maximum absolute atomic E-state index is 12.8. The maximum Gasteiger partial charge on any atom is 0.222 e. The van der Waals surface area contributed by atoms with Gasteiger partial charge in [0.05, 0.1) is 16.0 Å². The lowest BCUT2D eigenvalue weighted by Crippen LogP contribution is -2.07. The zero-order valence-corrected chi connectivity index (χ0v) is 14.0. The molecule has 0 bridgehead atoms. The highest BCUT2D eigenvalue weighted by atomic mass is 79.9. The van der Waals surface area contributed by atoms with Crippen LogP contribution < -0.4 is 0 Å². The molecule has 0 radical (unpaired) electrons. The Labute approximate surface area is 136 Å². The molecule has 0 fully saturated rings. The molecule has 0 saturated heterocycles. The molecule has 1 heterocycles. The van der Waals surface area contributed by atoms with Crippen LogP contribution in [-0.2, 0) is 9.84 Å². The summed E-state index contributed by atoms with van der Waals surface area (Å²) in [6.07, 6.45) is 0. The van der Waals surface area contributed by atoms with Gasteiger partial charge in [-0.3, -0.25) is 4.79 Å². The van der Waals surface area contributed by atoms with E-state index < -0.39 is 9.84 Å². The number of rotatable bonds is 3. The van der Waals surface area contributed by atoms with Crippen molar-refractivity contribution < 1.29 is 13.2 Å². The van der Waals surface area contributed by atoms with Crippen LogP contribution in [0.3, 0.4) is 0 Å². The first-order valence-electron chi connectivity index (χ1n) is 6.54. The summed E-state index contributed by atoms with van der Waals surface area (Å²) >= 11 is 3.38. The molecule has 22 heavy (non-hydrogen) atoms. The minimum Gasteiger partial charge on any atom is -0.344 e. The third kappa shape index (κ3) is 2.28. The Balaban J connectivity index is 2.39. The van der Waals surface area contributed by atoms with E-state index in [0.717, 1.165) is 0 Å². The smallest absolute Gasteiger partial charge is 0.222 e. The molecule has 2 aromatic carbocycles. The molecule has 4 nitrogen and oxygen atoms in total. The lowest BCUT2D eigenvalue weighted by atomic mass is 10.1. The number of H-pyrrole nitrogens is 1. The van der Waals surface area contributed by atoms with Gasteiger partial charge < -0.3 is 4.98 Å². The van der Waals surface area contributed by atoms with Crippen molar-refractivity contribution in [2.75, 3.05) is 0 Å². The molecule has 0 spiro atoms. The molecule has 0 aliphatic heterocycles. The second-order valence-corrected chi connectivity index (χ2v) is 7.61. The minimum atomic E-state index is -3.79. The van der Waals surface area contributed by atoms with Crippen molar-refractivity contribution in [1.82, 2.24) is 4.98 Å². The summed E-state index contributed by atoms with van der Waals surface area (Å²) in [6, 6.07) is 13.4. The Kier molecular flexibility index (Phi) is 3.66. The van der Waals surface area contributed by atoms with E-state index in [1.54, 1.807) is 36.4 Å². The van der Waals surface area contributed by atoms with Gasteiger partial charge in [-0.25, -0.2) is 8.42 Å². The average molecular weight is 378 g/mol. The number of fused-ring (bicyclic) bond motifs is 1. The summed E-state index contributed by atoms with van der Waals surface area (Å²) in [5.74, 6) is -0.293. The van der Waals surface area contributed by atoms with Crippen molar-refractivity contribution in [3.05, 3.63) is 58.6 Å². The van der Waals surface area contributed by atoms with Gasteiger partial charge in [0.2, 0.25) is 9.84 Å². The van der Waals surface area contributed by atoms with E-state index in [2.05, 4.69) is 20.9 Å². The number of halogens is 1. The highest BCUT2D eigenvalue weighted by molar-refractivity contribution is 9.10. The maximum atomic E-state index is 12.8. The van der Waals surface area contributed by atoms with E-state index in [0.29, 0.717) is 15.4 Å². The fourth-order valence-electron chi connectivity index (χ4n) is 2.43. The van der Waals surface area contributed by atoms with Crippen molar-refractivity contribution in [3.8, 4) is 0 Å². The van der Waals surface area contributed by atoms with Crippen molar-refractivity contribution in [1.29, 1.82) is 0 Å². The van der Waals surface area contributed by atoms with Crippen molar-refractivity contribution in [2.45, 2.75) is 16.8 Å². The number of ketones is 1. The number of hydrogen-bond donors (Lipinski definition) is 1. The van der Waals surface area contributed by atoms with Crippen LogP contribution in [0.25, 0.3) is 10.9 Å². The Morgan fingerprint density at radius 3 is 2.36 bits per heavy atom. The van der Waals surface area contributed by atoms with E-state index in [-0.39, 0.29) is 21.3 Å². The van der Waals surface area contributed by atoms with E-state index in [1.165, 1.54) is 19.1 Å². The third-order valence-corrected chi connectivity index (χ3v) is 5.82. The van der Waals surface area contributed by atoms with Gasteiger partial charge >= 0.3 is 0 Å². The second kappa shape index (κ2) is 5.37. The van der Waals surface area contributed by atoms with Crippen LogP contribution in [0, 0.1) is 0 Å². The number of nitrogens with one attached hydrogen (secondary N) is 1. The molecule has 3 aromatic rings. The molecular formula is C16H12BrNO3S. The van der Waals surface area contributed by atoms with Crippen LogP contribution in [-0.4, -0.2) is 19.2 Å². The molecule has 112 valence electrons. The normalized spacial score (nSPS) is 11.7. The zero-order chi connectivity index (χ0) is 15.9. The van der Waals surface area contributed by atoms with Crippen LogP contribution in [0.15, 0.2) is 62.9 Å². The van der Waals surface area contributed by atoms with Crippen LogP contribution in [0.5, 0.6) is 0 Å². The van der Waals surface area contributed by atoms with Gasteiger partial charge in [0.15, 0.2) is 5.78 Å². The Bertz CT molecular complexity index is 975. The lowest BCUT2D eigenvalue weighted by Gasteiger charge is -2.04. The summed E-state index contributed by atoms with van der Waals surface area (Å²) in [7, 11) is -3.79. The highest BCUT2D eigenvalue weighted by Crippen LogP contribution is 2.33. The van der Waals surface area contributed by atoms with Gasteiger partial charge in [-0.1, -0.05) is 30.3 Å². The fraction of sp³-hybridized carbons (Fsp3) is 0.0625. The second-order valence-electron chi connectivity index (χ2n) is 4.86. The highest BCUT2D eigenvalue weighted by Gasteiger charge is 2.27. The quantitative estimate of drug-likeness (QED) is 0.702. The molecule has 6 heteroatoms. The van der Waals surface area contributed by atoms with E-state index in [9.17, 15) is 13.2 Å². The van der Waals surface area contributed by atoms with Crippen LogP contribution in [0.1, 0.15) is 17.3 Å². The summed E-state index contributed by atoms with van der Waals surface area (Å²) in [5, 5.41) is 0.532. The van der Waals surface area contributed by atoms with Crippen LogP contribution >= 0.6 is 15.9 Å². The molecule has 3 rings (SSSR count). The summed E-state index contributed by atoms with van der Waals surface area (Å²) in [4.78, 5) is 15.1. The van der Waals surface area contributed by atoms with Gasteiger partial charge in [0.1, 0.15) is 5.03 Å². The molecular weight excluding hydrogens is 366 g/mol. The van der Waals surface area contributed by atoms with Gasteiger partial charge in [-0.05, 0) is 41.1 Å². The first-order chi connectivity index (χ1) is 10.4. The number of benzene rings is 2. The third-order valence-electron chi connectivity index (χ3n) is 3.42. The zero-order valence-electron chi connectivity index (χ0n) is 11.6. The monoisotopic (exact) mass is 377 g/mol. The summed E-state index contributed by atoms with van der Waals surface area (Å²) < 4.78 is 26.4. The van der Waals surface area contributed by atoms with E-state index in [1.807, 2.05) is 0 Å². The van der Waals surface area contributed by atoms with E-state index in [4.69, 9.17) is 0 Å². The molecule has 1 aromatic heterocycles. The topological polar surface area (TPSA) is 67.0 Å². The van der Waals surface area contributed by atoms with Crippen LogP contribution in [0.4, 0.5) is 0 Å². The minimum absolute atomic E-state index is 0.0619. The Hall–Kier alpha value is -1.92. The van der Waals surface area contributed by atoms with Crippen molar-refractivity contribution in [2.24, 2.45) is 0 Å². The molecule has 0 aliphatic rings. The Morgan fingerprint density at radius 1 is 1.05 bits per heavy atom. The molecule has 0 amide bonds. The number of carbonyl (C=O) groups is 1. The van der Waals surface area contributed by atoms with Gasteiger partial charge in [0, 0.05) is 9.86 Å². The van der Waals surface area contributed by atoms with E-state index >= 15 is 0 Å².